The number of carbonyl (C=O) groups is 1. The van der Waals surface area contributed by atoms with Crippen molar-refractivity contribution in [2.45, 2.75) is 32.8 Å². The molecule has 0 amide bonds. The van der Waals surface area contributed by atoms with Gasteiger partial charge in [0.1, 0.15) is 11.9 Å². The summed E-state index contributed by atoms with van der Waals surface area (Å²) in [7, 11) is 0. The SMILES string of the molecule is Cc1c(O)ccc2c1C1OC(=O)C(C)C1CC2. The summed E-state index contributed by atoms with van der Waals surface area (Å²) in [6.07, 6.45) is 1.82. The van der Waals surface area contributed by atoms with E-state index in [0.29, 0.717) is 5.75 Å². The summed E-state index contributed by atoms with van der Waals surface area (Å²) in [4.78, 5) is 11.7. The summed E-state index contributed by atoms with van der Waals surface area (Å²) in [5.74, 6) is 0.445. The van der Waals surface area contributed by atoms with Gasteiger partial charge in [0.05, 0.1) is 5.92 Å². The summed E-state index contributed by atoms with van der Waals surface area (Å²) in [5.41, 5.74) is 3.11. The topological polar surface area (TPSA) is 46.5 Å². The Morgan fingerprint density at radius 2 is 2.18 bits per heavy atom. The largest absolute Gasteiger partial charge is 0.508 e. The van der Waals surface area contributed by atoms with Crippen LogP contribution in [-0.2, 0) is 16.0 Å². The Hall–Kier alpha value is -1.51. The summed E-state index contributed by atoms with van der Waals surface area (Å²) in [5, 5.41) is 9.79. The zero-order chi connectivity index (χ0) is 12.2. The lowest BCUT2D eigenvalue weighted by Gasteiger charge is -2.29. The number of aryl methyl sites for hydroxylation is 1. The highest BCUT2D eigenvalue weighted by molar-refractivity contribution is 5.75. The fraction of sp³-hybridized carbons (Fsp3) is 0.500. The number of carbonyl (C=O) groups excluding carboxylic acids is 1. The second kappa shape index (κ2) is 3.49. The summed E-state index contributed by atoms with van der Waals surface area (Å²) >= 11 is 0. The van der Waals surface area contributed by atoms with Crippen molar-refractivity contribution in [2.24, 2.45) is 11.8 Å². The molecule has 1 N–H and O–H groups in total. The van der Waals surface area contributed by atoms with Crippen molar-refractivity contribution >= 4 is 5.97 Å². The molecule has 1 saturated heterocycles. The van der Waals surface area contributed by atoms with Crippen molar-refractivity contribution in [1.29, 1.82) is 0 Å². The number of ether oxygens (including phenoxy) is 1. The van der Waals surface area contributed by atoms with Crippen LogP contribution >= 0.6 is 0 Å². The number of benzene rings is 1. The van der Waals surface area contributed by atoms with Crippen LogP contribution < -0.4 is 0 Å². The average Bonchev–Trinajstić information content (AvgIpc) is 2.60. The van der Waals surface area contributed by atoms with Crippen LogP contribution in [0.15, 0.2) is 12.1 Å². The first-order valence-electron chi connectivity index (χ1n) is 6.11. The van der Waals surface area contributed by atoms with Crippen molar-refractivity contribution < 1.29 is 14.6 Å². The minimum Gasteiger partial charge on any atom is -0.508 e. The second-order valence-electron chi connectivity index (χ2n) is 5.13. The van der Waals surface area contributed by atoms with Crippen LogP contribution in [0.25, 0.3) is 0 Å². The Morgan fingerprint density at radius 1 is 1.41 bits per heavy atom. The normalized spacial score (nSPS) is 30.7. The fourth-order valence-corrected chi connectivity index (χ4v) is 3.14. The van der Waals surface area contributed by atoms with E-state index >= 15 is 0 Å². The number of aromatic hydroxyl groups is 1. The highest BCUT2D eigenvalue weighted by Gasteiger charge is 2.45. The molecule has 1 fully saturated rings. The van der Waals surface area contributed by atoms with Crippen LogP contribution in [0.4, 0.5) is 0 Å². The van der Waals surface area contributed by atoms with Crippen LogP contribution in [0.1, 0.15) is 36.1 Å². The van der Waals surface area contributed by atoms with E-state index < -0.39 is 0 Å². The van der Waals surface area contributed by atoms with Crippen LogP contribution in [0.2, 0.25) is 0 Å². The molecule has 1 aliphatic heterocycles. The van der Waals surface area contributed by atoms with E-state index in [-0.39, 0.29) is 23.9 Å². The molecular weight excluding hydrogens is 216 g/mol. The average molecular weight is 232 g/mol. The number of phenols is 1. The molecular formula is C14H16O3. The first kappa shape index (κ1) is 10.6. The highest BCUT2D eigenvalue weighted by atomic mass is 16.6. The molecule has 2 aliphatic rings. The van der Waals surface area contributed by atoms with Gasteiger partial charge in [-0.05, 0) is 37.0 Å². The van der Waals surface area contributed by atoms with Gasteiger partial charge in [-0.2, -0.15) is 0 Å². The van der Waals surface area contributed by atoms with E-state index in [2.05, 4.69) is 0 Å². The first-order chi connectivity index (χ1) is 8.09. The van der Waals surface area contributed by atoms with E-state index in [0.717, 1.165) is 24.0 Å². The van der Waals surface area contributed by atoms with Crippen LogP contribution in [-0.4, -0.2) is 11.1 Å². The number of hydrogen-bond donors (Lipinski definition) is 1. The van der Waals surface area contributed by atoms with Gasteiger partial charge >= 0.3 is 5.97 Å². The van der Waals surface area contributed by atoms with Gasteiger partial charge in [-0.3, -0.25) is 4.79 Å². The molecule has 90 valence electrons. The van der Waals surface area contributed by atoms with Gasteiger partial charge < -0.3 is 9.84 Å². The van der Waals surface area contributed by atoms with Gasteiger partial charge in [-0.1, -0.05) is 13.0 Å². The molecule has 3 atom stereocenters. The van der Waals surface area contributed by atoms with Gasteiger partial charge in [0.15, 0.2) is 0 Å². The molecule has 17 heavy (non-hydrogen) atoms. The van der Waals surface area contributed by atoms with Gasteiger partial charge in [0, 0.05) is 11.5 Å². The quantitative estimate of drug-likeness (QED) is 0.699. The molecule has 3 nitrogen and oxygen atoms in total. The van der Waals surface area contributed by atoms with Crippen LogP contribution in [0.3, 0.4) is 0 Å². The first-order valence-corrected chi connectivity index (χ1v) is 6.11. The molecule has 3 heteroatoms. The molecule has 1 aromatic rings. The Balaban J connectivity index is 2.13. The molecule has 1 aliphatic carbocycles. The van der Waals surface area contributed by atoms with Gasteiger partial charge in [-0.15, -0.1) is 0 Å². The van der Waals surface area contributed by atoms with Gasteiger partial charge in [0.2, 0.25) is 0 Å². The molecule has 3 rings (SSSR count). The van der Waals surface area contributed by atoms with Crippen molar-refractivity contribution in [3.05, 3.63) is 28.8 Å². The molecule has 0 aromatic heterocycles. The zero-order valence-electron chi connectivity index (χ0n) is 10.1. The lowest BCUT2D eigenvalue weighted by Crippen LogP contribution is -2.21. The summed E-state index contributed by atoms with van der Waals surface area (Å²) in [6, 6.07) is 3.68. The zero-order valence-corrected chi connectivity index (χ0v) is 10.1. The number of phenolic OH excluding ortho intramolecular Hbond substituents is 1. The van der Waals surface area contributed by atoms with Crippen molar-refractivity contribution in [2.75, 3.05) is 0 Å². The minimum absolute atomic E-state index is 0.0186. The molecule has 0 saturated carbocycles. The minimum atomic E-state index is -0.145. The van der Waals surface area contributed by atoms with Gasteiger partial charge in [0.25, 0.3) is 0 Å². The Kier molecular flexibility index (Phi) is 2.18. The predicted molar refractivity (Wildman–Crippen MR) is 62.7 cm³/mol. The third-order valence-corrected chi connectivity index (χ3v) is 4.25. The number of rotatable bonds is 0. The van der Waals surface area contributed by atoms with Gasteiger partial charge in [-0.25, -0.2) is 0 Å². The second-order valence-corrected chi connectivity index (χ2v) is 5.13. The van der Waals surface area contributed by atoms with Crippen LogP contribution in [0.5, 0.6) is 5.75 Å². The summed E-state index contributed by atoms with van der Waals surface area (Å²) < 4.78 is 5.49. The van der Waals surface area contributed by atoms with Crippen molar-refractivity contribution in [1.82, 2.24) is 0 Å². The van der Waals surface area contributed by atoms with E-state index in [4.69, 9.17) is 4.74 Å². The predicted octanol–water partition coefficient (Wildman–Crippen LogP) is 2.50. The molecule has 1 aromatic carbocycles. The third-order valence-electron chi connectivity index (χ3n) is 4.25. The standard InChI is InChI=1S/C14H16O3/c1-7-10-5-3-9-4-6-11(15)8(2)12(9)13(10)17-14(7)16/h4,6-7,10,13,15H,3,5H2,1-2H3. The highest BCUT2D eigenvalue weighted by Crippen LogP contribution is 2.48. The maximum absolute atomic E-state index is 11.7. The smallest absolute Gasteiger partial charge is 0.309 e. The number of hydrogen-bond acceptors (Lipinski definition) is 3. The molecule has 1 heterocycles. The van der Waals surface area contributed by atoms with E-state index in [1.54, 1.807) is 6.07 Å². The maximum Gasteiger partial charge on any atom is 0.309 e. The number of esters is 1. The third kappa shape index (κ3) is 1.38. The van der Waals surface area contributed by atoms with E-state index in [1.165, 1.54) is 5.56 Å². The van der Waals surface area contributed by atoms with E-state index in [1.807, 2.05) is 19.9 Å². The maximum atomic E-state index is 11.7. The Morgan fingerprint density at radius 3 is 2.94 bits per heavy atom. The van der Waals surface area contributed by atoms with Crippen molar-refractivity contribution in [3.8, 4) is 5.75 Å². The van der Waals surface area contributed by atoms with Crippen molar-refractivity contribution in [3.63, 3.8) is 0 Å². The fourth-order valence-electron chi connectivity index (χ4n) is 3.14. The summed E-state index contributed by atoms with van der Waals surface area (Å²) in [6.45, 7) is 3.84. The van der Waals surface area contributed by atoms with Crippen LogP contribution in [0, 0.1) is 18.8 Å². The lowest BCUT2D eigenvalue weighted by atomic mass is 9.76. The monoisotopic (exact) mass is 232 g/mol. The number of fused-ring (bicyclic) bond motifs is 3. The molecule has 0 bridgehead atoms. The molecule has 0 spiro atoms. The Labute approximate surface area is 100 Å². The Bertz CT molecular complexity index is 492. The molecule has 3 unspecified atom stereocenters. The molecule has 0 radical (unpaired) electrons. The van der Waals surface area contributed by atoms with E-state index in [9.17, 15) is 9.90 Å². The lowest BCUT2D eigenvalue weighted by molar-refractivity contribution is -0.144.